The summed E-state index contributed by atoms with van der Waals surface area (Å²) in [6.07, 6.45) is 1.94. The molecule has 7 aromatic carbocycles. The normalized spacial score (nSPS) is 13.4. The monoisotopic (exact) mass is 878 g/mol. The Morgan fingerprint density at radius 1 is 0.403 bits per heavy atom. The van der Waals surface area contributed by atoms with Crippen molar-refractivity contribution in [2.45, 2.75) is 90.9 Å². The molecule has 0 fully saturated rings. The number of para-hydroxylation sites is 2. The summed E-state index contributed by atoms with van der Waals surface area (Å²) in [5, 5.41) is 2.38. The van der Waals surface area contributed by atoms with Crippen LogP contribution in [0.5, 0.6) is 11.5 Å². The molecule has 0 spiro atoms. The first-order valence-electron chi connectivity index (χ1n) is 23.7. The van der Waals surface area contributed by atoms with Crippen LogP contribution >= 0.6 is 0 Å². The van der Waals surface area contributed by atoms with Crippen LogP contribution in [0.3, 0.4) is 0 Å². The van der Waals surface area contributed by atoms with E-state index >= 15 is 0 Å². The highest BCUT2D eigenvalue weighted by atomic mass is 16.5. The number of anilines is 4. The summed E-state index contributed by atoms with van der Waals surface area (Å²) >= 11 is 0. The Morgan fingerprint density at radius 2 is 0.970 bits per heavy atom. The molecule has 1 aliphatic rings. The average Bonchev–Trinajstić information content (AvgIpc) is 3.87. The SMILES string of the molecule is CC(C)(C)c1ccnc(-n2c3ccc(C(C)(C)C)cc3c3ccc(Oc4cccc(N5CN(c6cc(C(C)(C)c7ccccc7)cc(C(C)(C)c7ccccc7)c6)c6ccccc65)c4)cc32)c1. The number of benzene rings is 7. The summed E-state index contributed by atoms with van der Waals surface area (Å²) in [5.74, 6) is 2.45. The summed E-state index contributed by atoms with van der Waals surface area (Å²) < 4.78 is 9.14. The first-order chi connectivity index (χ1) is 32.0. The summed E-state index contributed by atoms with van der Waals surface area (Å²) in [7, 11) is 0. The molecule has 336 valence electrons. The number of fused-ring (bicyclic) bond motifs is 4. The zero-order valence-electron chi connectivity index (χ0n) is 40.7. The Bertz CT molecular complexity index is 3210. The van der Waals surface area contributed by atoms with Gasteiger partial charge in [-0.2, -0.15) is 0 Å². The van der Waals surface area contributed by atoms with Gasteiger partial charge >= 0.3 is 0 Å². The van der Waals surface area contributed by atoms with Crippen molar-refractivity contribution in [2.75, 3.05) is 16.5 Å². The van der Waals surface area contributed by atoms with Gasteiger partial charge in [0.05, 0.1) is 22.4 Å². The Hall–Kier alpha value is -7.11. The minimum atomic E-state index is -0.233. The van der Waals surface area contributed by atoms with Crippen LogP contribution < -0.4 is 14.5 Å². The standard InChI is InChI=1S/C62H62N4O/c1-59(2,3)44-28-31-54-53(37-44)52-30-29-51(40-57(52)66(54)58-38-45(32-33-63-58)60(4,5)6)67-50-25-19-24-48(39-50)64-41-65(56-27-18-17-26-55(56)64)49-35-46(61(7,8)42-20-13-11-14-21-42)34-47(36-49)62(9,10)43-22-15-12-16-23-43/h11-40H,41H2,1-10H3. The van der Waals surface area contributed by atoms with Crippen LogP contribution in [0, 0.1) is 0 Å². The van der Waals surface area contributed by atoms with Gasteiger partial charge in [-0.1, -0.05) is 160 Å². The van der Waals surface area contributed by atoms with Gasteiger partial charge in [0.15, 0.2) is 0 Å². The van der Waals surface area contributed by atoms with Gasteiger partial charge in [0.25, 0.3) is 0 Å². The van der Waals surface area contributed by atoms with Crippen molar-refractivity contribution in [3.8, 4) is 17.3 Å². The lowest BCUT2D eigenvalue weighted by Crippen LogP contribution is -2.27. The number of nitrogens with zero attached hydrogens (tertiary/aromatic N) is 4. The second-order valence-corrected chi connectivity index (χ2v) is 21.5. The van der Waals surface area contributed by atoms with E-state index in [1.165, 1.54) is 55.5 Å². The molecule has 0 amide bonds. The van der Waals surface area contributed by atoms with Crippen molar-refractivity contribution in [2.24, 2.45) is 0 Å². The molecule has 9 aromatic rings. The molecule has 0 unspecified atom stereocenters. The number of hydrogen-bond donors (Lipinski definition) is 0. The molecule has 0 atom stereocenters. The van der Waals surface area contributed by atoms with Gasteiger partial charge in [-0.3, -0.25) is 4.57 Å². The fourth-order valence-electron chi connectivity index (χ4n) is 9.82. The maximum Gasteiger partial charge on any atom is 0.137 e. The first-order valence-corrected chi connectivity index (χ1v) is 23.7. The predicted octanol–water partition coefficient (Wildman–Crippen LogP) is 16.5. The first kappa shape index (κ1) is 43.8. The van der Waals surface area contributed by atoms with Gasteiger partial charge in [-0.15, -0.1) is 0 Å². The van der Waals surface area contributed by atoms with E-state index in [-0.39, 0.29) is 21.7 Å². The smallest absolute Gasteiger partial charge is 0.137 e. The van der Waals surface area contributed by atoms with Crippen molar-refractivity contribution in [1.29, 1.82) is 0 Å². The van der Waals surface area contributed by atoms with E-state index in [1.807, 2.05) is 6.20 Å². The summed E-state index contributed by atoms with van der Waals surface area (Å²) in [6, 6.07) is 64.0. The summed E-state index contributed by atoms with van der Waals surface area (Å²) in [5.41, 5.74) is 14.0. The highest BCUT2D eigenvalue weighted by Gasteiger charge is 2.33. The van der Waals surface area contributed by atoms with Crippen LogP contribution in [0.1, 0.15) is 103 Å². The van der Waals surface area contributed by atoms with Gasteiger partial charge < -0.3 is 14.5 Å². The third kappa shape index (κ3) is 8.05. The third-order valence-corrected chi connectivity index (χ3v) is 14.2. The van der Waals surface area contributed by atoms with E-state index in [0.717, 1.165) is 39.7 Å². The molecular weight excluding hydrogens is 817 g/mol. The van der Waals surface area contributed by atoms with Crippen molar-refractivity contribution >= 4 is 44.6 Å². The molecule has 1 aliphatic heterocycles. The van der Waals surface area contributed by atoms with Gasteiger partial charge in [-0.25, -0.2) is 4.98 Å². The minimum Gasteiger partial charge on any atom is -0.457 e. The minimum absolute atomic E-state index is 0.0134. The van der Waals surface area contributed by atoms with E-state index < -0.39 is 0 Å². The molecule has 0 bridgehead atoms. The van der Waals surface area contributed by atoms with Gasteiger partial charge in [0, 0.05) is 51.3 Å². The summed E-state index contributed by atoms with van der Waals surface area (Å²) in [6.45, 7) is 23.6. The van der Waals surface area contributed by atoms with Crippen molar-refractivity contribution in [1.82, 2.24) is 9.55 Å². The zero-order chi connectivity index (χ0) is 46.9. The Kier molecular flexibility index (Phi) is 10.7. The second-order valence-electron chi connectivity index (χ2n) is 21.5. The lowest BCUT2D eigenvalue weighted by atomic mass is 9.73. The van der Waals surface area contributed by atoms with Gasteiger partial charge in [0.1, 0.15) is 24.0 Å². The predicted molar refractivity (Wildman–Crippen MR) is 282 cm³/mol. The van der Waals surface area contributed by atoms with E-state index in [9.17, 15) is 0 Å². The zero-order valence-corrected chi connectivity index (χ0v) is 40.7. The number of hydrogen-bond acceptors (Lipinski definition) is 4. The molecule has 0 N–H and O–H groups in total. The topological polar surface area (TPSA) is 33.5 Å². The van der Waals surface area contributed by atoms with E-state index in [4.69, 9.17) is 9.72 Å². The lowest BCUT2D eigenvalue weighted by Gasteiger charge is -2.33. The molecule has 0 saturated carbocycles. The highest BCUT2D eigenvalue weighted by molar-refractivity contribution is 6.10. The molecular formula is C62H62N4O. The van der Waals surface area contributed by atoms with Crippen LogP contribution in [0.25, 0.3) is 27.6 Å². The van der Waals surface area contributed by atoms with Crippen molar-refractivity contribution < 1.29 is 4.74 Å². The Balaban J connectivity index is 1.03. The van der Waals surface area contributed by atoms with E-state index in [1.54, 1.807) is 0 Å². The molecule has 5 nitrogen and oxygen atoms in total. The average molecular weight is 879 g/mol. The second kappa shape index (κ2) is 16.3. The van der Waals surface area contributed by atoms with Crippen LogP contribution in [0.15, 0.2) is 182 Å². The molecule has 0 aliphatic carbocycles. The van der Waals surface area contributed by atoms with Crippen LogP contribution in [0.2, 0.25) is 0 Å². The lowest BCUT2D eigenvalue weighted by molar-refractivity contribution is 0.483. The molecule has 3 heterocycles. The number of pyridine rings is 1. The fourth-order valence-corrected chi connectivity index (χ4v) is 9.82. The quantitative estimate of drug-likeness (QED) is 0.145. The molecule has 2 aromatic heterocycles. The molecule has 0 saturated heterocycles. The van der Waals surface area contributed by atoms with Crippen LogP contribution in [-0.2, 0) is 21.7 Å². The number of ether oxygens (including phenoxy) is 1. The maximum atomic E-state index is 6.85. The highest BCUT2D eigenvalue weighted by Crippen LogP contribution is 2.48. The van der Waals surface area contributed by atoms with Crippen LogP contribution in [0.4, 0.5) is 22.7 Å². The van der Waals surface area contributed by atoms with E-state index in [0.29, 0.717) is 6.67 Å². The van der Waals surface area contributed by atoms with Crippen molar-refractivity contribution in [3.05, 3.63) is 216 Å². The largest absolute Gasteiger partial charge is 0.457 e. The van der Waals surface area contributed by atoms with Gasteiger partial charge in [-0.05, 0) is 117 Å². The van der Waals surface area contributed by atoms with E-state index in [2.05, 4.69) is 260 Å². The molecule has 67 heavy (non-hydrogen) atoms. The van der Waals surface area contributed by atoms with Gasteiger partial charge in [0.2, 0.25) is 0 Å². The maximum absolute atomic E-state index is 6.85. The van der Waals surface area contributed by atoms with Crippen molar-refractivity contribution in [3.63, 3.8) is 0 Å². The Labute approximate surface area is 397 Å². The summed E-state index contributed by atoms with van der Waals surface area (Å²) in [4.78, 5) is 9.83. The fraction of sp³-hybridized carbons (Fsp3) is 0.242. The number of rotatable bonds is 9. The third-order valence-electron chi connectivity index (χ3n) is 14.2. The number of aromatic nitrogens is 2. The molecule has 0 radical (unpaired) electrons. The molecule has 5 heteroatoms. The van der Waals surface area contributed by atoms with Crippen LogP contribution in [-0.4, -0.2) is 16.2 Å². The Morgan fingerprint density at radius 3 is 1.58 bits per heavy atom. The molecule has 10 rings (SSSR count).